The Balaban J connectivity index is 0.000000217. The third-order valence-electron chi connectivity index (χ3n) is 15.6. The van der Waals surface area contributed by atoms with Crippen LogP contribution in [-0.4, -0.2) is 87.2 Å². The summed E-state index contributed by atoms with van der Waals surface area (Å²) >= 11 is 0. The van der Waals surface area contributed by atoms with Crippen molar-refractivity contribution in [3.63, 3.8) is 0 Å². The van der Waals surface area contributed by atoms with Gasteiger partial charge in [0.15, 0.2) is 5.78 Å². The summed E-state index contributed by atoms with van der Waals surface area (Å²) in [5.74, 6) is 1.75. The molecule has 8 rings (SSSR count). The fourth-order valence-corrected chi connectivity index (χ4v) is 12.1. The number of cyclic esters (lactones) is 1. The van der Waals surface area contributed by atoms with Crippen LogP contribution in [-0.2, 0) is 34.7 Å². The Morgan fingerprint density at radius 1 is 0.906 bits per heavy atom. The molecule has 0 aromatic heterocycles. The Morgan fingerprint density at radius 3 is 2.30 bits per heavy atom. The number of nitrogens with zero attached hydrogens (tertiary/aromatic N) is 3. The fraction of sp³-hybridized carbons (Fsp3) is 0.654. The smallest absolute Gasteiger partial charge is 0.414 e. The molecule has 6 aliphatic rings. The van der Waals surface area contributed by atoms with Crippen LogP contribution >= 0.6 is 0 Å². The molecule has 2 aromatic carbocycles. The summed E-state index contributed by atoms with van der Waals surface area (Å²) in [4.78, 5) is 55.4. The van der Waals surface area contributed by atoms with E-state index >= 15 is 0 Å². The number of fused-ring (bicyclic) bond motifs is 5. The van der Waals surface area contributed by atoms with Crippen LogP contribution in [0.2, 0.25) is 0 Å². The van der Waals surface area contributed by atoms with Crippen LogP contribution in [0.15, 0.2) is 48.2 Å². The van der Waals surface area contributed by atoms with Gasteiger partial charge in [-0.3, -0.25) is 19.3 Å². The standard InChI is InChI=1S/C36H54N2O2.C16H20FN3O4/c1-10-19-38-22-25-26-13-14-29(35(26,8)18-16-27(25)36(9)17-15-24(39)21-31(36)38)32(40)37-30-20-23(33(2,3)4)11-12-28(30)34(5,6)7;1-11(21)18-9-13-10-20(16(22)24-13)12-2-3-15(14(17)8-12)19-4-6-23-7-5-19/h11-12,20-21,25-27,29H,10,13-19,22H2,1-9H3,(H,37,40);2-3,8,13H,4-7,9-10H2,1H3,(H,18,21)/t25?,26?,27?,29-,35+,36-;13-/m10/s1. The van der Waals surface area contributed by atoms with Crippen LogP contribution in [0.1, 0.15) is 125 Å². The second-order valence-electron chi connectivity index (χ2n) is 21.9. The Hall–Kier alpha value is -4.45. The van der Waals surface area contributed by atoms with E-state index < -0.39 is 12.2 Å². The number of anilines is 3. The van der Waals surface area contributed by atoms with Crippen molar-refractivity contribution in [3.8, 4) is 0 Å². The Bertz CT molecular complexity index is 2120. The first-order valence-electron chi connectivity index (χ1n) is 23.9. The number of carbonyl (C=O) groups is 4. The summed E-state index contributed by atoms with van der Waals surface area (Å²) in [6, 6.07) is 11.4. The molecule has 0 spiro atoms. The lowest BCUT2D eigenvalue weighted by Gasteiger charge is -2.60. The first-order valence-corrected chi connectivity index (χ1v) is 23.9. The Morgan fingerprint density at radius 2 is 1.64 bits per heavy atom. The maximum absolute atomic E-state index is 14.4. The average molecular weight is 884 g/mol. The number of hydrogen-bond donors (Lipinski definition) is 2. The molecule has 3 unspecified atom stereocenters. The molecule has 12 heteroatoms. The predicted molar refractivity (Wildman–Crippen MR) is 251 cm³/mol. The minimum Gasteiger partial charge on any atom is -0.442 e. The van der Waals surface area contributed by atoms with Crippen molar-refractivity contribution in [2.75, 3.05) is 67.6 Å². The number of hydrogen-bond acceptors (Lipinski definition) is 8. The monoisotopic (exact) mass is 884 g/mol. The number of ether oxygens (including phenoxy) is 2. The molecule has 3 heterocycles. The first kappa shape index (κ1) is 47.5. The maximum atomic E-state index is 14.4. The van der Waals surface area contributed by atoms with E-state index in [4.69, 9.17) is 9.47 Å². The molecule has 0 radical (unpaired) electrons. The highest BCUT2D eigenvalue weighted by molar-refractivity contribution is 5.95. The Kier molecular flexibility index (Phi) is 13.7. The van der Waals surface area contributed by atoms with Crippen molar-refractivity contribution in [1.82, 2.24) is 10.2 Å². The number of likely N-dealkylation sites (tertiary alicyclic amines) is 1. The fourth-order valence-electron chi connectivity index (χ4n) is 12.1. The van der Waals surface area contributed by atoms with E-state index in [1.807, 2.05) is 11.0 Å². The van der Waals surface area contributed by atoms with E-state index in [1.165, 1.54) is 34.7 Å². The molecule has 2 saturated carbocycles. The minimum atomic E-state index is -0.538. The summed E-state index contributed by atoms with van der Waals surface area (Å²) in [5, 5.41) is 6.10. The molecule has 64 heavy (non-hydrogen) atoms. The lowest BCUT2D eigenvalue weighted by atomic mass is 9.49. The van der Waals surface area contributed by atoms with Crippen LogP contribution in [0, 0.1) is 40.3 Å². The number of piperidine rings is 1. The molecule has 2 N–H and O–H groups in total. The molecule has 11 nitrogen and oxygen atoms in total. The zero-order valence-electron chi connectivity index (χ0n) is 40.2. The van der Waals surface area contributed by atoms with Gasteiger partial charge in [0.2, 0.25) is 11.8 Å². The first-order chi connectivity index (χ1) is 30.1. The highest BCUT2D eigenvalue weighted by Crippen LogP contribution is 2.65. The molecule has 3 saturated heterocycles. The quantitative estimate of drug-likeness (QED) is 0.269. The summed E-state index contributed by atoms with van der Waals surface area (Å²) in [7, 11) is 0. The van der Waals surface area contributed by atoms with Gasteiger partial charge in [-0.05, 0) is 108 Å². The van der Waals surface area contributed by atoms with E-state index in [9.17, 15) is 23.6 Å². The molecule has 2 aromatic rings. The maximum Gasteiger partial charge on any atom is 0.414 e. The third kappa shape index (κ3) is 9.59. The van der Waals surface area contributed by atoms with Gasteiger partial charge >= 0.3 is 6.09 Å². The van der Waals surface area contributed by atoms with Crippen molar-refractivity contribution < 1.29 is 33.0 Å². The largest absolute Gasteiger partial charge is 0.442 e. The van der Waals surface area contributed by atoms with Crippen molar-refractivity contribution in [2.24, 2.45) is 34.5 Å². The molecular weight excluding hydrogens is 810 g/mol. The van der Waals surface area contributed by atoms with E-state index in [0.29, 0.717) is 67.6 Å². The van der Waals surface area contributed by atoms with Crippen LogP contribution in [0.25, 0.3) is 0 Å². The number of rotatable bonds is 8. The second kappa shape index (κ2) is 18.4. The van der Waals surface area contributed by atoms with Crippen molar-refractivity contribution in [1.29, 1.82) is 0 Å². The molecule has 350 valence electrons. The number of morpholine rings is 1. The molecular formula is C52H74FN5O6. The topological polar surface area (TPSA) is 121 Å². The zero-order valence-corrected chi connectivity index (χ0v) is 40.2. The zero-order chi connectivity index (χ0) is 46.4. The summed E-state index contributed by atoms with van der Waals surface area (Å²) < 4.78 is 24.9. The number of halogens is 1. The van der Waals surface area contributed by atoms with Gasteiger partial charge in [0.05, 0.1) is 37.7 Å². The van der Waals surface area contributed by atoms with Gasteiger partial charge in [0, 0.05) is 68.3 Å². The number of benzene rings is 2. The van der Waals surface area contributed by atoms with Crippen molar-refractivity contribution >= 4 is 40.8 Å². The molecule has 3 aliphatic heterocycles. The number of allylic oxidation sites excluding steroid dienone is 2. The van der Waals surface area contributed by atoms with Gasteiger partial charge in [-0.15, -0.1) is 0 Å². The number of carbonyl (C=O) groups excluding carboxylic acids is 4. The second-order valence-corrected chi connectivity index (χ2v) is 21.9. The third-order valence-corrected chi connectivity index (χ3v) is 15.6. The summed E-state index contributed by atoms with van der Waals surface area (Å²) in [6.07, 6.45) is 8.15. The van der Waals surface area contributed by atoms with Gasteiger partial charge in [-0.1, -0.05) is 74.4 Å². The molecule has 3 aliphatic carbocycles. The van der Waals surface area contributed by atoms with Gasteiger partial charge in [0.25, 0.3) is 0 Å². The van der Waals surface area contributed by atoms with Crippen LogP contribution in [0.3, 0.4) is 0 Å². The highest BCUT2D eigenvalue weighted by atomic mass is 19.1. The predicted octanol–water partition coefficient (Wildman–Crippen LogP) is 9.38. The van der Waals surface area contributed by atoms with Crippen LogP contribution < -0.4 is 20.4 Å². The van der Waals surface area contributed by atoms with E-state index in [2.05, 4.69) is 96.0 Å². The van der Waals surface area contributed by atoms with Gasteiger partial charge in [0.1, 0.15) is 11.9 Å². The summed E-state index contributed by atoms with van der Waals surface area (Å²) in [6.45, 7) is 26.9. The lowest BCUT2D eigenvalue weighted by molar-refractivity contribution is -0.129. The van der Waals surface area contributed by atoms with E-state index in [0.717, 1.165) is 57.3 Å². The van der Waals surface area contributed by atoms with Gasteiger partial charge < -0.3 is 29.9 Å². The van der Waals surface area contributed by atoms with E-state index in [1.54, 1.807) is 12.1 Å². The molecule has 7 atom stereocenters. The normalized spacial score (nSPS) is 29.1. The highest BCUT2D eigenvalue weighted by Gasteiger charge is 2.61. The van der Waals surface area contributed by atoms with Crippen molar-refractivity contribution in [3.05, 3.63) is 65.1 Å². The lowest BCUT2D eigenvalue weighted by Crippen LogP contribution is -2.58. The number of nitrogens with one attached hydrogen (secondary N) is 2. The van der Waals surface area contributed by atoms with Crippen LogP contribution in [0.5, 0.6) is 0 Å². The minimum absolute atomic E-state index is 0.0226. The van der Waals surface area contributed by atoms with Crippen LogP contribution in [0.4, 0.5) is 26.2 Å². The number of ketones is 1. The molecule has 0 bridgehead atoms. The van der Waals surface area contributed by atoms with Crippen molar-refractivity contribution in [2.45, 2.75) is 131 Å². The molecule has 5 fully saturated rings. The molecule has 3 amide bonds. The van der Waals surface area contributed by atoms with Gasteiger partial charge in [-0.2, -0.15) is 0 Å². The number of amides is 3. The van der Waals surface area contributed by atoms with E-state index in [-0.39, 0.29) is 58.3 Å². The Labute approximate surface area is 381 Å². The average Bonchev–Trinajstić information content (AvgIpc) is 3.79. The summed E-state index contributed by atoms with van der Waals surface area (Å²) in [5.41, 5.74) is 5.81. The van der Waals surface area contributed by atoms with Gasteiger partial charge in [-0.25, -0.2) is 9.18 Å². The SMILES string of the molecule is CC(=O)NC[C@H]1CN(c2ccc(N3CCOCC3)c(F)c2)C(=O)O1.CCCN1CC2C(CC[C@@]3(C)C2CC[C@@H]3C(=O)Nc2cc(C(C)(C)C)ccc2C(C)(C)C)[C@@]2(C)CCC(=O)C=C12.